The quantitative estimate of drug-likeness (QED) is 0.358. The van der Waals surface area contributed by atoms with Gasteiger partial charge >= 0.3 is 0 Å². The highest BCUT2D eigenvalue weighted by Gasteiger charge is 2.11. The van der Waals surface area contributed by atoms with E-state index in [1.807, 2.05) is 0 Å². The van der Waals surface area contributed by atoms with E-state index in [0.29, 0.717) is 0 Å². The van der Waals surface area contributed by atoms with E-state index in [4.69, 9.17) is 22.3 Å². The molecule has 0 saturated heterocycles. The van der Waals surface area contributed by atoms with Gasteiger partial charge in [-0.15, -0.1) is 13.2 Å². The Morgan fingerprint density at radius 3 is 1.23 bits per heavy atom. The van der Waals surface area contributed by atoms with Crippen LogP contribution >= 0.6 is 0 Å². The molecule has 0 radical (unpaired) electrons. The van der Waals surface area contributed by atoms with Crippen molar-refractivity contribution in [3.8, 4) is 11.5 Å². The van der Waals surface area contributed by atoms with Gasteiger partial charge in [0.05, 0.1) is 0 Å². The highest BCUT2D eigenvalue weighted by molar-refractivity contribution is 6.44. The molecule has 2 amide bonds. The Labute approximate surface area is 150 Å². The molecular formula is C18H20N4O4. The molecule has 8 N–H and O–H groups in total. The van der Waals surface area contributed by atoms with Crippen LogP contribution in [0.2, 0.25) is 0 Å². The SMILES string of the molecule is C=C.N=C(C(N)=O)c1ccccc1O.N=C(C(N)=O)c1ccccc1O. The summed E-state index contributed by atoms with van der Waals surface area (Å²) in [6.45, 7) is 6.00. The summed E-state index contributed by atoms with van der Waals surface area (Å²) in [5, 5.41) is 32.7. The Hall–Kier alpha value is -3.94. The van der Waals surface area contributed by atoms with E-state index in [2.05, 4.69) is 13.2 Å². The van der Waals surface area contributed by atoms with E-state index in [9.17, 15) is 19.8 Å². The van der Waals surface area contributed by atoms with Crippen molar-refractivity contribution in [3.63, 3.8) is 0 Å². The minimum absolute atomic E-state index is 0.110. The summed E-state index contributed by atoms with van der Waals surface area (Å²) < 4.78 is 0. The maximum Gasteiger partial charge on any atom is 0.267 e. The van der Waals surface area contributed by atoms with Crippen LogP contribution in [-0.4, -0.2) is 33.5 Å². The lowest BCUT2D eigenvalue weighted by atomic mass is 10.1. The zero-order valence-electron chi connectivity index (χ0n) is 13.9. The number of para-hydroxylation sites is 2. The highest BCUT2D eigenvalue weighted by Crippen LogP contribution is 2.16. The van der Waals surface area contributed by atoms with Crippen molar-refractivity contribution in [2.75, 3.05) is 0 Å². The Morgan fingerprint density at radius 2 is 1.00 bits per heavy atom. The number of primary amides is 2. The molecule has 0 aromatic heterocycles. The van der Waals surface area contributed by atoms with Gasteiger partial charge in [0.1, 0.15) is 22.9 Å². The maximum atomic E-state index is 10.5. The standard InChI is InChI=1S/2C8H8N2O2.C2H4/c2*9-7(8(10)12)5-3-1-2-4-6(5)11;1-2/h2*1-4,9,11H,(H2,10,12);1-2H2. The molecule has 136 valence electrons. The fourth-order valence-electron chi connectivity index (χ4n) is 1.64. The van der Waals surface area contributed by atoms with E-state index < -0.39 is 11.8 Å². The number of nitrogens with one attached hydrogen (secondary N) is 2. The van der Waals surface area contributed by atoms with E-state index in [0.717, 1.165) is 0 Å². The number of rotatable bonds is 4. The average Bonchev–Trinajstić information content (AvgIpc) is 2.63. The molecule has 2 rings (SSSR count). The molecule has 0 aliphatic rings. The molecule has 0 heterocycles. The maximum absolute atomic E-state index is 10.5. The molecule has 0 spiro atoms. The lowest BCUT2D eigenvalue weighted by molar-refractivity contribution is -0.112. The van der Waals surface area contributed by atoms with Crippen molar-refractivity contribution >= 4 is 23.2 Å². The summed E-state index contributed by atoms with van der Waals surface area (Å²) in [5.41, 5.74) is 9.28. The van der Waals surface area contributed by atoms with Crippen LogP contribution in [-0.2, 0) is 9.59 Å². The molecule has 0 aliphatic carbocycles. The minimum atomic E-state index is -0.850. The lowest BCUT2D eigenvalue weighted by Crippen LogP contribution is -2.23. The third kappa shape index (κ3) is 6.28. The topological polar surface area (TPSA) is 174 Å². The Morgan fingerprint density at radius 1 is 0.731 bits per heavy atom. The predicted molar refractivity (Wildman–Crippen MR) is 99.5 cm³/mol. The van der Waals surface area contributed by atoms with Crippen molar-refractivity contribution in [2.45, 2.75) is 0 Å². The fraction of sp³-hybridized carbons (Fsp3) is 0. The number of carbonyl (C=O) groups is 2. The number of amides is 2. The zero-order chi connectivity index (χ0) is 20.3. The second-order valence-electron chi connectivity index (χ2n) is 4.51. The molecule has 2 aromatic rings. The molecule has 0 unspecified atom stereocenters. The summed E-state index contributed by atoms with van der Waals surface area (Å²) in [7, 11) is 0. The molecular weight excluding hydrogens is 336 g/mol. The van der Waals surface area contributed by atoms with Crippen molar-refractivity contribution in [1.29, 1.82) is 10.8 Å². The molecule has 0 saturated carbocycles. The minimum Gasteiger partial charge on any atom is -0.507 e. The molecule has 0 atom stereocenters. The van der Waals surface area contributed by atoms with Gasteiger partial charge in [-0.25, -0.2) is 0 Å². The Kier molecular flexibility index (Phi) is 9.13. The molecule has 8 nitrogen and oxygen atoms in total. The van der Waals surface area contributed by atoms with Crippen LogP contribution in [0.4, 0.5) is 0 Å². The first kappa shape index (κ1) is 22.1. The second-order valence-corrected chi connectivity index (χ2v) is 4.51. The fourth-order valence-corrected chi connectivity index (χ4v) is 1.64. The van der Waals surface area contributed by atoms with Crippen LogP contribution < -0.4 is 11.5 Å². The summed E-state index contributed by atoms with van der Waals surface area (Å²) >= 11 is 0. The largest absolute Gasteiger partial charge is 0.507 e. The van der Waals surface area contributed by atoms with Crippen LogP contribution in [0.25, 0.3) is 0 Å². The van der Waals surface area contributed by atoms with Crippen molar-refractivity contribution < 1.29 is 19.8 Å². The average molecular weight is 356 g/mol. The number of hydrogen-bond donors (Lipinski definition) is 6. The molecule has 2 aromatic carbocycles. The van der Waals surface area contributed by atoms with Crippen molar-refractivity contribution in [2.24, 2.45) is 11.5 Å². The molecule has 8 heteroatoms. The van der Waals surface area contributed by atoms with E-state index in [1.165, 1.54) is 24.3 Å². The number of aromatic hydroxyl groups is 2. The second kappa shape index (κ2) is 10.8. The molecule has 0 bridgehead atoms. The van der Waals surface area contributed by atoms with Crippen LogP contribution in [0.1, 0.15) is 11.1 Å². The van der Waals surface area contributed by atoms with Gasteiger partial charge in [0.2, 0.25) is 0 Å². The van der Waals surface area contributed by atoms with Gasteiger partial charge in [-0.05, 0) is 24.3 Å². The third-order valence-electron chi connectivity index (χ3n) is 2.84. The normalized spacial score (nSPS) is 8.77. The van der Waals surface area contributed by atoms with Gasteiger partial charge < -0.3 is 21.7 Å². The first-order valence-electron chi connectivity index (χ1n) is 7.09. The number of benzene rings is 2. The van der Waals surface area contributed by atoms with Gasteiger partial charge in [0.15, 0.2) is 0 Å². The zero-order valence-corrected chi connectivity index (χ0v) is 13.9. The van der Waals surface area contributed by atoms with Gasteiger partial charge in [-0.1, -0.05) is 24.3 Å². The molecule has 26 heavy (non-hydrogen) atoms. The third-order valence-corrected chi connectivity index (χ3v) is 2.84. The first-order chi connectivity index (χ1) is 12.3. The highest BCUT2D eigenvalue weighted by atomic mass is 16.3. The van der Waals surface area contributed by atoms with Crippen LogP contribution in [0.3, 0.4) is 0 Å². The van der Waals surface area contributed by atoms with Crippen LogP contribution in [0.15, 0.2) is 61.7 Å². The lowest BCUT2D eigenvalue weighted by Gasteiger charge is -2.01. The van der Waals surface area contributed by atoms with Gasteiger partial charge in [-0.3, -0.25) is 20.4 Å². The predicted octanol–water partition coefficient (Wildman–Crippen LogP) is 1.29. The Balaban J connectivity index is 0.000000439. The Bertz CT molecular complexity index is 751. The number of phenols is 2. The van der Waals surface area contributed by atoms with Crippen molar-refractivity contribution in [3.05, 3.63) is 72.8 Å². The van der Waals surface area contributed by atoms with Gasteiger partial charge in [-0.2, -0.15) is 0 Å². The van der Waals surface area contributed by atoms with E-state index >= 15 is 0 Å². The monoisotopic (exact) mass is 356 g/mol. The van der Waals surface area contributed by atoms with Gasteiger partial charge in [0.25, 0.3) is 11.8 Å². The molecule has 0 aliphatic heterocycles. The smallest absolute Gasteiger partial charge is 0.267 e. The van der Waals surface area contributed by atoms with Crippen LogP contribution in [0, 0.1) is 10.8 Å². The van der Waals surface area contributed by atoms with Gasteiger partial charge in [0, 0.05) is 11.1 Å². The molecule has 0 fully saturated rings. The number of phenolic OH excluding ortho intramolecular Hbond substituents is 2. The number of carbonyl (C=O) groups excluding carboxylic acids is 2. The van der Waals surface area contributed by atoms with E-state index in [-0.39, 0.29) is 34.0 Å². The van der Waals surface area contributed by atoms with Crippen LogP contribution in [0.5, 0.6) is 11.5 Å². The number of hydrogen-bond acceptors (Lipinski definition) is 6. The summed E-state index contributed by atoms with van der Waals surface area (Å²) in [6, 6.07) is 12.2. The summed E-state index contributed by atoms with van der Waals surface area (Å²) in [4.78, 5) is 21.1. The number of nitrogens with two attached hydrogens (primary N) is 2. The summed E-state index contributed by atoms with van der Waals surface area (Å²) in [6.07, 6.45) is 0. The van der Waals surface area contributed by atoms with E-state index in [1.54, 1.807) is 24.3 Å². The summed E-state index contributed by atoms with van der Waals surface area (Å²) in [5.74, 6) is -1.92. The van der Waals surface area contributed by atoms with Crippen molar-refractivity contribution in [1.82, 2.24) is 0 Å². The first-order valence-corrected chi connectivity index (χ1v) is 7.09.